The molecule has 3 rings (SSSR count). The second-order valence-corrected chi connectivity index (χ2v) is 5.26. The predicted octanol–water partition coefficient (Wildman–Crippen LogP) is 3.91. The lowest BCUT2D eigenvalue weighted by Crippen LogP contribution is -2.06. The summed E-state index contributed by atoms with van der Waals surface area (Å²) < 4.78 is 10.7. The van der Waals surface area contributed by atoms with Crippen molar-refractivity contribution >= 4 is 16.5 Å². The number of nitrogens with one attached hydrogen (secondary N) is 1. The first-order valence-electron chi connectivity index (χ1n) is 7.59. The van der Waals surface area contributed by atoms with E-state index in [4.69, 9.17) is 9.47 Å². The summed E-state index contributed by atoms with van der Waals surface area (Å²) in [5, 5.41) is 5.72. The highest BCUT2D eigenvalue weighted by atomic mass is 16.5. The fourth-order valence-corrected chi connectivity index (χ4v) is 2.63. The number of benzene rings is 2. The molecule has 0 unspecified atom stereocenters. The van der Waals surface area contributed by atoms with Crippen LogP contribution in [-0.4, -0.2) is 25.7 Å². The van der Waals surface area contributed by atoms with Gasteiger partial charge >= 0.3 is 0 Å². The maximum Gasteiger partial charge on any atom is 0.142 e. The molecule has 0 amide bonds. The summed E-state index contributed by atoms with van der Waals surface area (Å²) in [6, 6.07) is 14.2. The van der Waals surface area contributed by atoms with Gasteiger partial charge < -0.3 is 14.8 Å². The third-order valence-electron chi connectivity index (χ3n) is 3.88. The van der Waals surface area contributed by atoms with E-state index >= 15 is 0 Å². The monoisotopic (exact) mass is 308 g/mol. The van der Waals surface area contributed by atoms with Gasteiger partial charge in [-0.1, -0.05) is 12.1 Å². The molecule has 0 aliphatic heterocycles. The van der Waals surface area contributed by atoms with Crippen molar-refractivity contribution in [3.05, 3.63) is 60.4 Å². The molecular formula is C19H20N2O2. The van der Waals surface area contributed by atoms with E-state index in [0.29, 0.717) is 0 Å². The normalized spacial score (nSPS) is 10.5. The van der Waals surface area contributed by atoms with Crippen molar-refractivity contribution in [2.24, 2.45) is 0 Å². The Morgan fingerprint density at radius 1 is 0.957 bits per heavy atom. The van der Waals surface area contributed by atoms with E-state index in [0.717, 1.165) is 40.9 Å². The maximum absolute atomic E-state index is 5.49. The van der Waals surface area contributed by atoms with E-state index in [-0.39, 0.29) is 0 Å². The quantitative estimate of drug-likeness (QED) is 0.750. The summed E-state index contributed by atoms with van der Waals surface area (Å²) in [4.78, 5) is 4.17. The third kappa shape index (κ3) is 3.37. The first-order chi connectivity index (χ1) is 11.3. The maximum atomic E-state index is 5.49. The topological polar surface area (TPSA) is 43.4 Å². The molecule has 0 fully saturated rings. The van der Waals surface area contributed by atoms with Gasteiger partial charge in [-0.15, -0.1) is 0 Å². The average Bonchev–Trinajstić information content (AvgIpc) is 2.62. The molecule has 4 nitrogen and oxygen atoms in total. The van der Waals surface area contributed by atoms with Crippen LogP contribution in [0, 0.1) is 0 Å². The SMILES string of the molecule is COc1ccc(CCNc2c(OC)ccc3cnccc23)cc1. The summed E-state index contributed by atoms with van der Waals surface area (Å²) in [5.74, 6) is 1.73. The van der Waals surface area contributed by atoms with Gasteiger partial charge in [-0.25, -0.2) is 0 Å². The van der Waals surface area contributed by atoms with Gasteiger partial charge in [0, 0.05) is 29.7 Å². The van der Waals surface area contributed by atoms with Crippen LogP contribution in [0.3, 0.4) is 0 Å². The zero-order valence-corrected chi connectivity index (χ0v) is 13.4. The van der Waals surface area contributed by atoms with Crippen LogP contribution >= 0.6 is 0 Å². The molecule has 0 spiro atoms. The van der Waals surface area contributed by atoms with E-state index in [9.17, 15) is 0 Å². The van der Waals surface area contributed by atoms with Crippen LogP contribution < -0.4 is 14.8 Å². The highest BCUT2D eigenvalue weighted by Gasteiger charge is 2.07. The van der Waals surface area contributed by atoms with Crippen LogP contribution in [0.1, 0.15) is 5.56 Å². The third-order valence-corrected chi connectivity index (χ3v) is 3.88. The van der Waals surface area contributed by atoms with Crippen molar-refractivity contribution in [3.8, 4) is 11.5 Å². The molecule has 0 radical (unpaired) electrons. The molecule has 23 heavy (non-hydrogen) atoms. The molecule has 1 N–H and O–H groups in total. The number of pyridine rings is 1. The molecule has 118 valence electrons. The molecule has 3 aromatic rings. The lowest BCUT2D eigenvalue weighted by Gasteiger charge is -2.14. The molecular weight excluding hydrogens is 288 g/mol. The highest BCUT2D eigenvalue weighted by molar-refractivity contribution is 5.96. The van der Waals surface area contributed by atoms with Gasteiger partial charge in [-0.2, -0.15) is 0 Å². The summed E-state index contributed by atoms with van der Waals surface area (Å²) in [7, 11) is 3.37. The van der Waals surface area contributed by atoms with Crippen molar-refractivity contribution in [2.45, 2.75) is 6.42 Å². The first kappa shape index (κ1) is 15.2. The Labute approximate surface area is 136 Å². The number of nitrogens with zero attached hydrogens (tertiary/aromatic N) is 1. The minimum absolute atomic E-state index is 0.824. The lowest BCUT2D eigenvalue weighted by atomic mass is 10.1. The summed E-state index contributed by atoms with van der Waals surface area (Å²) in [6.45, 7) is 0.824. The van der Waals surface area contributed by atoms with Crippen LogP contribution in [0.2, 0.25) is 0 Å². The second kappa shape index (κ2) is 7.01. The molecule has 0 bridgehead atoms. The van der Waals surface area contributed by atoms with Crippen LogP contribution in [0.4, 0.5) is 5.69 Å². The summed E-state index contributed by atoms with van der Waals surface area (Å²) in [6.07, 6.45) is 4.59. The average molecular weight is 308 g/mol. The first-order valence-corrected chi connectivity index (χ1v) is 7.59. The van der Waals surface area contributed by atoms with E-state index in [1.165, 1.54) is 5.56 Å². The molecule has 0 aliphatic rings. The van der Waals surface area contributed by atoms with Crippen LogP contribution in [0.15, 0.2) is 54.9 Å². The lowest BCUT2D eigenvalue weighted by molar-refractivity contribution is 0.414. The highest BCUT2D eigenvalue weighted by Crippen LogP contribution is 2.32. The van der Waals surface area contributed by atoms with Crippen molar-refractivity contribution in [1.82, 2.24) is 4.98 Å². The Bertz CT molecular complexity index is 785. The Kier molecular flexibility index (Phi) is 4.62. The predicted molar refractivity (Wildman–Crippen MR) is 93.5 cm³/mol. The van der Waals surface area contributed by atoms with Crippen LogP contribution in [0.5, 0.6) is 11.5 Å². The van der Waals surface area contributed by atoms with Crippen molar-refractivity contribution in [1.29, 1.82) is 0 Å². The Balaban J connectivity index is 1.75. The zero-order valence-electron chi connectivity index (χ0n) is 13.4. The van der Waals surface area contributed by atoms with Crippen molar-refractivity contribution in [2.75, 3.05) is 26.1 Å². The van der Waals surface area contributed by atoms with Crippen LogP contribution in [0.25, 0.3) is 10.8 Å². The van der Waals surface area contributed by atoms with Gasteiger partial charge in [-0.3, -0.25) is 4.98 Å². The number of methoxy groups -OCH3 is 2. The Morgan fingerprint density at radius 3 is 2.52 bits per heavy atom. The fourth-order valence-electron chi connectivity index (χ4n) is 2.63. The number of fused-ring (bicyclic) bond motifs is 1. The van der Waals surface area contributed by atoms with Crippen molar-refractivity contribution < 1.29 is 9.47 Å². The van der Waals surface area contributed by atoms with Gasteiger partial charge in [-0.05, 0) is 42.3 Å². The summed E-state index contributed by atoms with van der Waals surface area (Å²) in [5.41, 5.74) is 2.28. The summed E-state index contributed by atoms with van der Waals surface area (Å²) >= 11 is 0. The molecule has 1 aromatic heterocycles. The van der Waals surface area contributed by atoms with Gasteiger partial charge in [0.1, 0.15) is 11.5 Å². The second-order valence-electron chi connectivity index (χ2n) is 5.26. The molecule has 0 aliphatic carbocycles. The van der Waals surface area contributed by atoms with Gasteiger partial charge in [0.2, 0.25) is 0 Å². The van der Waals surface area contributed by atoms with E-state index < -0.39 is 0 Å². The van der Waals surface area contributed by atoms with Gasteiger partial charge in [0.05, 0.1) is 19.9 Å². The van der Waals surface area contributed by atoms with Crippen molar-refractivity contribution in [3.63, 3.8) is 0 Å². The fraction of sp³-hybridized carbons (Fsp3) is 0.211. The number of hydrogen-bond donors (Lipinski definition) is 1. The Morgan fingerprint density at radius 2 is 1.78 bits per heavy atom. The largest absolute Gasteiger partial charge is 0.497 e. The van der Waals surface area contributed by atoms with Crippen LogP contribution in [-0.2, 0) is 6.42 Å². The minimum Gasteiger partial charge on any atom is -0.497 e. The molecule has 4 heteroatoms. The number of rotatable bonds is 6. The molecule has 1 heterocycles. The zero-order chi connectivity index (χ0) is 16.1. The number of aromatic nitrogens is 1. The molecule has 0 saturated heterocycles. The molecule has 0 saturated carbocycles. The van der Waals surface area contributed by atoms with E-state index in [1.54, 1.807) is 20.4 Å². The number of ether oxygens (including phenoxy) is 2. The number of anilines is 1. The van der Waals surface area contributed by atoms with Gasteiger partial charge in [0.25, 0.3) is 0 Å². The van der Waals surface area contributed by atoms with Gasteiger partial charge in [0.15, 0.2) is 0 Å². The Hall–Kier alpha value is -2.75. The smallest absolute Gasteiger partial charge is 0.142 e. The van der Waals surface area contributed by atoms with E-state index in [1.807, 2.05) is 36.5 Å². The van der Waals surface area contributed by atoms with E-state index in [2.05, 4.69) is 22.4 Å². The number of hydrogen-bond acceptors (Lipinski definition) is 4. The molecule has 2 aromatic carbocycles. The standard InChI is InChI=1S/C19H20N2O2/c1-22-16-6-3-14(4-7-16)9-12-21-19-17-10-11-20-13-15(17)5-8-18(19)23-2/h3-8,10-11,13,21H,9,12H2,1-2H3. The minimum atomic E-state index is 0.824. The molecule has 0 atom stereocenters.